The number of rotatable bonds is 5. The van der Waals surface area contributed by atoms with Crippen molar-refractivity contribution >= 4 is 29.4 Å². The maximum atomic E-state index is 12.9. The summed E-state index contributed by atoms with van der Waals surface area (Å²) in [6, 6.07) is 16.5. The molecule has 2 aromatic carbocycles. The number of benzene rings is 2. The molecular weight excluding hydrogens is 428 g/mol. The quantitative estimate of drug-likeness (QED) is 0.526. The summed E-state index contributed by atoms with van der Waals surface area (Å²) >= 11 is 5.89. The summed E-state index contributed by atoms with van der Waals surface area (Å²) in [5.74, 6) is -1.26. The van der Waals surface area contributed by atoms with E-state index in [-0.39, 0.29) is 37.2 Å². The predicted molar refractivity (Wildman–Crippen MR) is 123 cm³/mol. The van der Waals surface area contributed by atoms with Crippen LogP contribution in [0.15, 0.2) is 66.7 Å². The number of hydrogen-bond donors (Lipinski definition) is 2. The van der Waals surface area contributed by atoms with Crippen LogP contribution >= 0.6 is 11.6 Å². The largest absolute Gasteiger partial charge is 0.456 e. The van der Waals surface area contributed by atoms with Gasteiger partial charge in [-0.25, -0.2) is 0 Å². The molecule has 0 saturated heterocycles. The molecule has 32 heavy (non-hydrogen) atoms. The molecule has 2 amide bonds. The molecule has 0 saturated carbocycles. The van der Waals surface area contributed by atoms with Crippen molar-refractivity contribution in [2.75, 3.05) is 6.54 Å². The average molecular weight is 455 g/mol. The Morgan fingerprint density at radius 1 is 1.06 bits per heavy atom. The summed E-state index contributed by atoms with van der Waals surface area (Å²) in [7, 11) is 0. The first kappa shape index (κ1) is 23.5. The van der Waals surface area contributed by atoms with Crippen molar-refractivity contribution in [3.05, 3.63) is 82.9 Å². The zero-order chi connectivity index (χ0) is 22.8. The van der Waals surface area contributed by atoms with E-state index in [9.17, 15) is 14.4 Å². The van der Waals surface area contributed by atoms with Crippen molar-refractivity contribution in [3.63, 3.8) is 0 Å². The van der Waals surface area contributed by atoms with Crippen molar-refractivity contribution in [2.24, 2.45) is 5.92 Å². The van der Waals surface area contributed by atoms with Crippen LogP contribution in [0.1, 0.15) is 42.9 Å². The molecular formula is C25H27ClN2O4. The zero-order valence-corrected chi connectivity index (χ0v) is 18.5. The van der Waals surface area contributed by atoms with E-state index in [0.29, 0.717) is 24.4 Å². The van der Waals surface area contributed by atoms with E-state index in [1.165, 1.54) is 0 Å². The Morgan fingerprint density at radius 2 is 1.81 bits per heavy atom. The fourth-order valence-electron chi connectivity index (χ4n) is 3.41. The lowest BCUT2D eigenvalue weighted by Gasteiger charge is -2.21. The normalized spacial score (nSPS) is 19.8. The van der Waals surface area contributed by atoms with Crippen LogP contribution in [0.25, 0.3) is 0 Å². The summed E-state index contributed by atoms with van der Waals surface area (Å²) < 4.78 is 5.59. The van der Waals surface area contributed by atoms with Gasteiger partial charge in [0.05, 0.1) is 12.5 Å². The van der Waals surface area contributed by atoms with Gasteiger partial charge in [0.25, 0.3) is 0 Å². The molecule has 0 aromatic heterocycles. The Morgan fingerprint density at radius 3 is 2.56 bits per heavy atom. The van der Waals surface area contributed by atoms with Crippen LogP contribution in [0.5, 0.6) is 0 Å². The highest BCUT2D eigenvalue weighted by Crippen LogP contribution is 2.19. The second-order valence-electron chi connectivity index (χ2n) is 7.68. The van der Waals surface area contributed by atoms with Crippen LogP contribution in [0, 0.1) is 5.92 Å². The first-order valence-corrected chi connectivity index (χ1v) is 11.1. The molecule has 0 bridgehead atoms. The van der Waals surface area contributed by atoms with Gasteiger partial charge in [-0.2, -0.15) is 0 Å². The van der Waals surface area contributed by atoms with Crippen LogP contribution in [-0.2, 0) is 25.7 Å². The monoisotopic (exact) mass is 454 g/mol. The second-order valence-corrected chi connectivity index (χ2v) is 8.12. The van der Waals surface area contributed by atoms with Gasteiger partial charge >= 0.3 is 5.97 Å². The topological polar surface area (TPSA) is 84.5 Å². The molecule has 2 aromatic rings. The summed E-state index contributed by atoms with van der Waals surface area (Å²) in [6.07, 6.45) is 4.41. The number of halogens is 1. The third kappa shape index (κ3) is 7.54. The Hall–Kier alpha value is -3.12. The van der Waals surface area contributed by atoms with Crippen LogP contribution in [-0.4, -0.2) is 24.3 Å². The Bertz CT molecular complexity index is 944. The molecule has 6 nitrogen and oxygen atoms in total. The number of carbonyl (C=O) groups is 3. The lowest BCUT2D eigenvalue weighted by Crippen LogP contribution is -2.37. The first-order chi connectivity index (χ1) is 15.5. The fourth-order valence-corrected chi connectivity index (χ4v) is 3.54. The zero-order valence-electron chi connectivity index (χ0n) is 17.8. The van der Waals surface area contributed by atoms with Crippen LogP contribution in [0.4, 0.5) is 0 Å². The molecule has 7 heteroatoms. The Kier molecular flexibility index (Phi) is 8.87. The molecule has 0 spiro atoms. The van der Waals surface area contributed by atoms with Gasteiger partial charge in [0.2, 0.25) is 11.8 Å². The first-order valence-electron chi connectivity index (χ1n) is 10.7. The SMILES string of the molecule is O=C(C[C@H]1CC=CCCC(=O)O[C@H](c2ccccc2)CNC1=O)NCc1ccc(Cl)cc1. The highest BCUT2D eigenvalue weighted by molar-refractivity contribution is 6.30. The van der Waals surface area contributed by atoms with Crippen LogP contribution in [0.2, 0.25) is 5.02 Å². The van der Waals surface area contributed by atoms with Gasteiger partial charge in [0.1, 0.15) is 6.10 Å². The van der Waals surface area contributed by atoms with Crippen molar-refractivity contribution in [1.82, 2.24) is 10.6 Å². The van der Waals surface area contributed by atoms with Gasteiger partial charge in [0, 0.05) is 24.4 Å². The number of ether oxygens (including phenoxy) is 1. The standard InChI is InChI=1S/C25H27ClN2O4/c26-21-13-11-18(12-14-21)16-27-23(29)15-20-9-5-2-6-10-24(30)32-22(17-28-25(20)31)19-7-3-1-4-8-19/h1-5,7-8,11-14,20,22H,6,9-10,15-17H2,(H,27,29)(H,28,31)/t20-,22+/m1/s1. The summed E-state index contributed by atoms with van der Waals surface area (Å²) in [5, 5.41) is 6.35. The predicted octanol–water partition coefficient (Wildman–Crippen LogP) is 4.10. The maximum Gasteiger partial charge on any atom is 0.306 e. The van der Waals surface area contributed by atoms with Crippen molar-refractivity contribution in [2.45, 2.75) is 38.3 Å². The van der Waals surface area contributed by atoms with E-state index >= 15 is 0 Å². The van der Waals surface area contributed by atoms with Crippen LogP contribution in [0.3, 0.4) is 0 Å². The highest BCUT2D eigenvalue weighted by atomic mass is 35.5. The molecule has 2 atom stereocenters. The third-order valence-electron chi connectivity index (χ3n) is 5.21. The molecule has 0 fully saturated rings. The van der Waals surface area contributed by atoms with E-state index in [1.807, 2.05) is 54.6 Å². The number of cyclic esters (lactones) is 1. The Balaban J connectivity index is 1.62. The lowest BCUT2D eigenvalue weighted by atomic mass is 9.98. The summed E-state index contributed by atoms with van der Waals surface area (Å²) in [5.41, 5.74) is 1.74. The van der Waals surface area contributed by atoms with E-state index in [4.69, 9.17) is 16.3 Å². The molecule has 1 aliphatic rings. The number of amides is 2. The number of carbonyl (C=O) groups excluding carboxylic acids is 3. The van der Waals surface area contributed by atoms with E-state index in [2.05, 4.69) is 10.6 Å². The van der Waals surface area contributed by atoms with Crippen molar-refractivity contribution in [3.8, 4) is 0 Å². The summed E-state index contributed by atoms with van der Waals surface area (Å²) in [4.78, 5) is 37.5. The molecule has 0 aliphatic carbocycles. The molecule has 2 N–H and O–H groups in total. The van der Waals surface area contributed by atoms with Crippen LogP contribution < -0.4 is 10.6 Å². The van der Waals surface area contributed by atoms with E-state index in [1.54, 1.807) is 12.1 Å². The smallest absolute Gasteiger partial charge is 0.306 e. The molecule has 1 heterocycles. The van der Waals surface area contributed by atoms with E-state index < -0.39 is 12.0 Å². The number of esters is 1. The highest BCUT2D eigenvalue weighted by Gasteiger charge is 2.24. The minimum absolute atomic E-state index is 0.0690. The molecule has 1 aliphatic heterocycles. The van der Waals surface area contributed by atoms with Gasteiger partial charge < -0.3 is 15.4 Å². The number of hydrogen-bond acceptors (Lipinski definition) is 4. The van der Waals surface area contributed by atoms with Gasteiger partial charge in [-0.3, -0.25) is 14.4 Å². The van der Waals surface area contributed by atoms with Gasteiger partial charge in [-0.05, 0) is 36.1 Å². The molecule has 168 valence electrons. The van der Waals surface area contributed by atoms with Gasteiger partial charge in [0.15, 0.2) is 0 Å². The second kappa shape index (κ2) is 12.1. The van der Waals surface area contributed by atoms with Gasteiger partial charge in [-0.15, -0.1) is 0 Å². The fraction of sp³-hybridized carbons (Fsp3) is 0.320. The number of nitrogens with one attached hydrogen (secondary N) is 2. The molecule has 3 rings (SSSR count). The van der Waals surface area contributed by atoms with Gasteiger partial charge in [-0.1, -0.05) is 66.2 Å². The van der Waals surface area contributed by atoms with Crippen molar-refractivity contribution < 1.29 is 19.1 Å². The minimum Gasteiger partial charge on any atom is -0.456 e. The van der Waals surface area contributed by atoms with Crippen molar-refractivity contribution in [1.29, 1.82) is 0 Å². The average Bonchev–Trinajstić information content (AvgIpc) is 2.80. The van der Waals surface area contributed by atoms with E-state index in [0.717, 1.165) is 11.1 Å². The third-order valence-corrected chi connectivity index (χ3v) is 5.47. The molecule has 0 radical (unpaired) electrons. The maximum absolute atomic E-state index is 12.9. The minimum atomic E-state index is -0.574. The Labute approximate surface area is 193 Å². The molecule has 0 unspecified atom stereocenters. The number of allylic oxidation sites excluding steroid dienone is 2. The summed E-state index contributed by atoms with van der Waals surface area (Å²) in [6.45, 7) is 0.521. The lowest BCUT2D eigenvalue weighted by molar-refractivity contribution is -0.150.